The van der Waals surface area contributed by atoms with Crippen LogP contribution in [0.2, 0.25) is 0 Å². The molecule has 1 rings (SSSR count). The standard InChI is InChI=1S/C12H16O4S/c1-10(7-8-17(14,15)16)9-12(13)11-5-3-2-4-6-11/h2-6,10H,7-9H2,1H3,(H,14,15,16). The Labute approximate surface area is 101 Å². The zero-order chi connectivity index (χ0) is 12.9. The maximum Gasteiger partial charge on any atom is 0.264 e. The van der Waals surface area contributed by atoms with Crippen LogP contribution in [0.4, 0.5) is 0 Å². The van der Waals surface area contributed by atoms with Crippen LogP contribution in [0.5, 0.6) is 0 Å². The molecule has 0 aromatic heterocycles. The highest BCUT2D eigenvalue weighted by Gasteiger charge is 2.14. The van der Waals surface area contributed by atoms with Gasteiger partial charge in [0.25, 0.3) is 10.1 Å². The van der Waals surface area contributed by atoms with Gasteiger partial charge in [0.05, 0.1) is 5.75 Å². The molecule has 0 heterocycles. The van der Waals surface area contributed by atoms with Gasteiger partial charge in [0, 0.05) is 12.0 Å². The molecule has 0 radical (unpaired) electrons. The summed E-state index contributed by atoms with van der Waals surface area (Å²) >= 11 is 0. The average molecular weight is 256 g/mol. The second kappa shape index (κ2) is 5.93. The highest BCUT2D eigenvalue weighted by Crippen LogP contribution is 2.13. The van der Waals surface area contributed by atoms with Crippen LogP contribution in [0.1, 0.15) is 30.1 Å². The lowest BCUT2D eigenvalue weighted by molar-refractivity contribution is 0.0963. The summed E-state index contributed by atoms with van der Waals surface area (Å²) in [7, 11) is -3.93. The Hall–Kier alpha value is -1.20. The topological polar surface area (TPSA) is 71.4 Å². The minimum atomic E-state index is -3.93. The Morgan fingerprint density at radius 3 is 2.41 bits per heavy atom. The lowest BCUT2D eigenvalue weighted by Gasteiger charge is -2.09. The van der Waals surface area contributed by atoms with Crippen LogP contribution >= 0.6 is 0 Å². The van der Waals surface area contributed by atoms with E-state index in [1.54, 1.807) is 31.2 Å². The SMILES string of the molecule is CC(CCS(=O)(=O)O)CC(=O)c1ccccc1. The highest BCUT2D eigenvalue weighted by molar-refractivity contribution is 7.85. The van der Waals surface area contributed by atoms with Crippen molar-refractivity contribution in [3.63, 3.8) is 0 Å². The van der Waals surface area contributed by atoms with Gasteiger partial charge in [-0.2, -0.15) is 8.42 Å². The third-order valence-corrected chi connectivity index (χ3v) is 3.25. The predicted octanol–water partition coefficient (Wildman–Crippen LogP) is 2.17. The van der Waals surface area contributed by atoms with Crippen molar-refractivity contribution in [3.05, 3.63) is 35.9 Å². The summed E-state index contributed by atoms with van der Waals surface area (Å²) < 4.78 is 29.7. The summed E-state index contributed by atoms with van der Waals surface area (Å²) in [5, 5.41) is 0. The Kier molecular flexibility index (Phi) is 4.84. The molecule has 5 heteroatoms. The predicted molar refractivity (Wildman–Crippen MR) is 65.6 cm³/mol. The molecule has 0 fully saturated rings. The molecule has 0 aliphatic heterocycles. The van der Waals surface area contributed by atoms with Gasteiger partial charge in [-0.05, 0) is 12.3 Å². The van der Waals surface area contributed by atoms with Gasteiger partial charge in [-0.15, -0.1) is 0 Å². The largest absolute Gasteiger partial charge is 0.294 e. The van der Waals surface area contributed by atoms with Crippen LogP contribution < -0.4 is 0 Å². The number of ketones is 1. The third kappa shape index (κ3) is 5.60. The fourth-order valence-corrected chi connectivity index (χ4v) is 2.21. The van der Waals surface area contributed by atoms with E-state index in [2.05, 4.69) is 0 Å². The van der Waals surface area contributed by atoms with Crippen LogP contribution in [-0.4, -0.2) is 24.5 Å². The van der Waals surface area contributed by atoms with Crippen molar-refractivity contribution in [2.45, 2.75) is 19.8 Å². The number of benzene rings is 1. The number of Topliss-reactive ketones (excluding diaryl/α,β-unsaturated/α-hetero) is 1. The first kappa shape index (κ1) is 13.9. The number of carbonyl (C=O) groups is 1. The number of rotatable bonds is 6. The van der Waals surface area contributed by atoms with E-state index < -0.39 is 10.1 Å². The van der Waals surface area contributed by atoms with Gasteiger partial charge < -0.3 is 0 Å². The van der Waals surface area contributed by atoms with Crippen molar-refractivity contribution in [2.24, 2.45) is 5.92 Å². The molecule has 1 atom stereocenters. The number of hydrogen-bond donors (Lipinski definition) is 1. The normalized spacial score (nSPS) is 13.3. The van der Waals surface area contributed by atoms with Gasteiger partial charge in [-0.3, -0.25) is 9.35 Å². The van der Waals surface area contributed by atoms with Gasteiger partial charge in [0.1, 0.15) is 0 Å². The summed E-state index contributed by atoms with van der Waals surface area (Å²) in [5.41, 5.74) is 0.631. The molecule has 0 amide bonds. The van der Waals surface area contributed by atoms with E-state index in [1.807, 2.05) is 6.07 Å². The molecule has 0 spiro atoms. The summed E-state index contributed by atoms with van der Waals surface area (Å²) in [6, 6.07) is 8.88. The van der Waals surface area contributed by atoms with E-state index >= 15 is 0 Å². The van der Waals surface area contributed by atoms with Gasteiger partial charge in [-0.1, -0.05) is 37.3 Å². The molecule has 4 nitrogen and oxygen atoms in total. The molecule has 0 aliphatic rings. The molecular weight excluding hydrogens is 240 g/mol. The van der Waals surface area contributed by atoms with E-state index in [0.29, 0.717) is 12.0 Å². The van der Waals surface area contributed by atoms with Crippen LogP contribution in [0.25, 0.3) is 0 Å². The number of carbonyl (C=O) groups excluding carboxylic acids is 1. The minimum absolute atomic E-state index is 0.00608. The Bertz CT molecular complexity index is 465. The van der Waals surface area contributed by atoms with Crippen molar-refractivity contribution in [1.82, 2.24) is 0 Å². The third-order valence-electron chi connectivity index (χ3n) is 2.50. The molecule has 1 aromatic rings. The second-order valence-corrected chi connectivity index (χ2v) is 5.75. The smallest absolute Gasteiger partial charge is 0.264 e. The van der Waals surface area contributed by atoms with Crippen molar-refractivity contribution in [2.75, 3.05) is 5.75 Å². The monoisotopic (exact) mass is 256 g/mol. The first-order valence-electron chi connectivity index (χ1n) is 5.42. The van der Waals surface area contributed by atoms with Crippen LogP contribution in [0.3, 0.4) is 0 Å². The van der Waals surface area contributed by atoms with E-state index in [1.165, 1.54) is 0 Å². The summed E-state index contributed by atoms with van der Waals surface area (Å²) in [5.74, 6) is -0.367. The molecule has 1 aromatic carbocycles. The molecule has 0 aliphatic carbocycles. The van der Waals surface area contributed by atoms with Gasteiger partial charge in [-0.25, -0.2) is 0 Å². The molecule has 17 heavy (non-hydrogen) atoms. The fraction of sp³-hybridized carbons (Fsp3) is 0.417. The Balaban J connectivity index is 2.47. The second-order valence-electron chi connectivity index (χ2n) is 4.17. The van der Waals surface area contributed by atoms with Crippen LogP contribution in [0.15, 0.2) is 30.3 Å². The first-order chi connectivity index (χ1) is 7.88. The molecule has 1 N–H and O–H groups in total. The summed E-state index contributed by atoms with van der Waals surface area (Å²) in [4.78, 5) is 11.8. The molecular formula is C12H16O4S. The fourth-order valence-electron chi connectivity index (χ4n) is 1.51. The quantitative estimate of drug-likeness (QED) is 0.625. The molecule has 94 valence electrons. The zero-order valence-electron chi connectivity index (χ0n) is 9.67. The molecule has 0 bridgehead atoms. The van der Waals surface area contributed by atoms with E-state index in [0.717, 1.165) is 0 Å². The molecule has 0 saturated carbocycles. The van der Waals surface area contributed by atoms with Crippen LogP contribution in [-0.2, 0) is 10.1 Å². The summed E-state index contributed by atoms with van der Waals surface area (Å²) in [6.07, 6.45) is 0.580. The van der Waals surface area contributed by atoms with Crippen molar-refractivity contribution in [1.29, 1.82) is 0 Å². The van der Waals surface area contributed by atoms with Gasteiger partial charge in [0.2, 0.25) is 0 Å². The average Bonchev–Trinajstić information content (AvgIpc) is 2.27. The van der Waals surface area contributed by atoms with E-state index in [4.69, 9.17) is 4.55 Å². The van der Waals surface area contributed by atoms with E-state index in [9.17, 15) is 13.2 Å². The lowest BCUT2D eigenvalue weighted by atomic mass is 9.98. The lowest BCUT2D eigenvalue weighted by Crippen LogP contribution is -2.11. The van der Waals surface area contributed by atoms with Crippen molar-refractivity contribution < 1.29 is 17.8 Å². The first-order valence-corrected chi connectivity index (χ1v) is 7.03. The van der Waals surface area contributed by atoms with Gasteiger partial charge in [0.15, 0.2) is 5.78 Å². The van der Waals surface area contributed by atoms with Crippen LogP contribution in [0, 0.1) is 5.92 Å². The Morgan fingerprint density at radius 2 is 1.88 bits per heavy atom. The van der Waals surface area contributed by atoms with Crippen molar-refractivity contribution >= 4 is 15.9 Å². The molecule has 1 unspecified atom stereocenters. The highest BCUT2D eigenvalue weighted by atomic mass is 32.2. The number of hydrogen-bond acceptors (Lipinski definition) is 3. The summed E-state index contributed by atoms with van der Waals surface area (Å²) in [6.45, 7) is 1.80. The zero-order valence-corrected chi connectivity index (χ0v) is 10.5. The Morgan fingerprint density at radius 1 is 1.29 bits per heavy atom. The molecule has 0 saturated heterocycles. The van der Waals surface area contributed by atoms with E-state index in [-0.39, 0.29) is 23.9 Å². The van der Waals surface area contributed by atoms with Gasteiger partial charge >= 0.3 is 0 Å². The maximum absolute atomic E-state index is 11.8. The minimum Gasteiger partial charge on any atom is -0.294 e. The maximum atomic E-state index is 11.8. The van der Waals surface area contributed by atoms with Crippen molar-refractivity contribution in [3.8, 4) is 0 Å².